The number of rotatable bonds is 6. The van der Waals surface area contributed by atoms with E-state index in [1.807, 2.05) is 45.0 Å². The van der Waals surface area contributed by atoms with E-state index in [1.54, 1.807) is 24.3 Å². The molecule has 2 rings (SSSR count). The summed E-state index contributed by atoms with van der Waals surface area (Å²) in [4.78, 5) is 0.271. The van der Waals surface area contributed by atoms with Crippen LogP contribution in [0.5, 0.6) is 5.75 Å². The molecule has 0 saturated heterocycles. The summed E-state index contributed by atoms with van der Waals surface area (Å²) < 4.78 is 32.7. The van der Waals surface area contributed by atoms with Crippen molar-refractivity contribution in [2.24, 2.45) is 0 Å². The van der Waals surface area contributed by atoms with Crippen LogP contribution in [0.3, 0.4) is 0 Å². The van der Waals surface area contributed by atoms with Gasteiger partial charge in [0.05, 0.1) is 11.0 Å². The number of hydrogen-bond donors (Lipinski definition) is 1. The second-order valence-corrected chi connectivity index (χ2v) is 7.22. The molecule has 0 amide bonds. The summed E-state index contributed by atoms with van der Waals surface area (Å²) >= 11 is 0. The summed E-state index contributed by atoms with van der Waals surface area (Å²) in [5.41, 5.74) is 1.88. The van der Waals surface area contributed by atoms with Crippen molar-refractivity contribution in [1.82, 2.24) is 4.72 Å². The second kappa shape index (κ2) is 6.94. The molecule has 0 radical (unpaired) electrons. The third-order valence-electron chi connectivity index (χ3n) is 3.07. The highest BCUT2D eigenvalue weighted by atomic mass is 32.2. The second-order valence-electron chi connectivity index (χ2n) is 5.45. The van der Waals surface area contributed by atoms with Crippen molar-refractivity contribution >= 4 is 10.0 Å². The van der Waals surface area contributed by atoms with Gasteiger partial charge in [0.1, 0.15) is 5.75 Å². The van der Waals surface area contributed by atoms with Crippen LogP contribution in [0.4, 0.5) is 0 Å². The number of nitrogens with one attached hydrogen (secondary N) is 1. The molecule has 0 unspecified atom stereocenters. The molecule has 0 aliphatic carbocycles. The third kappa shape index (κ3) is 4.58. The molecule has 0 aliphatic heterocycles. The molecule has 0 atom stereocenters. The minimum absolute atomic E-state index is 0.0829. The fourth-order valence-electron chi connectivity index (χ4n) is 1.98. The van der Waals surface area contributed by atoms with E-state index in [2.05, 4.69) is 4.72 Å². The van der Waals surface area contributed by atoms with Gasteiger partial charge in [0, 0.05) is 6.54 Å². The smallest absolute Gasteiger partial charge is 0.240 e. The maximum Gasteiger partial charge on any atom is 0.240 e. The quantitative estimate of drug-likeness (QED) is 0.889. The lowest BCUT2D eigenvalue weighted by molar-refractivity contribution is 0.242. The van der Waals surface area contributed by atoms with Gasteiger partial charge in [-0.2, -0.15) is 0 Å². The molecule has 118 valence electrons. The molecule has 1 N–H and O–H groups in total. The van der Waals surface area contributed by atoms with Gasteiger partial charge in [0.15, 0.2) is 0 Å². The molecule has 0 fully saturated rings. The maximum absolute atomic E-state index is 12.2. The predicted octanol–water partition coefficient (Wildman–Crippen LogP) is 3.26. The SMILES string of the molecule is Cc1ccc(S(=O)(=O)NCc2cccc(OC(C)C)c2)cc1. The molecule has 4 nitrogen and oxygen atoms in total. The fraction of sp³-hybridized carbons (Fsp3) is 0.294. The van der Waals surface area contributed by atoms with Gasteiger partial charge in [-0.1, -0.05) is 29.8 Å². The van der Waals surface area contributed by atoms with Gasteiger partial charge in [-0.3, -0.25) is 0 Å². The van der Waals surface area contributed by atoms with Crippen LogP contribution in [0.1, 0.15) is 25.0 Å². The van der Waals surface area contributed by atoms with Crippen LogP contribution in [0, 0.1) is 6.92 Å². The van der Waals surface area contributed by atoms with Gasteiger partial charge in [0.2, 0.25) is 10.0 Å². The van der Waals surface area contributed by atoms with Crippen molar-refractivity contribution in [3.63, 3.8) is 0 Å². The first-order valence-electron chi connectivity index (χ1n) is 7.19. The lowest BCUT2D eigenvalue weighted by Crippen LogP contribution is -2.23. The van der Waals surface area contributed by atoms with E-state index in [4.69, 9.17) is 4.74 Å². The van der Waals surface area contributed by atoms with Crippen molar-refractivity contribution in [2.45, 2.75) is 38.3 Å². The summed E-state index contributed by atoms with van der Waals surface area (Å²) in [6, 6.07) is 14.2. The molecule has 2 aromatic carbocycles. The molecule has 0 aliphatic rings. The average molecular weight is 319 g/mol. The van der Waals surface area contributed by atoms with Crippen LogP contribution in [0.15, 0.2) is 53.4 Å². The maximum atomic E-state index is 12.2. The fourth-order valence-corrected chi connectivity index (χ4v) is 3.00. The Labute approximate surface area is 132 Å². The molecule has 0 heterocycles. The minimum Gasteiger partial charge on any atom is -0.491 e. The summed E-state index contributed by atoms with van der Waals surface area (Å²) in [5, 5.41) is 0. The monoisotopic (exact) mass is 319 g/mol. The Bertz CT molecular complexity index is 722. The van der Waals surface area contributed by atoms with Gasteiger partial charge in [0.25, 0.3) is 0 Å². The highest BCUT2D eigenvalue weighted by molar-refractivity contribution is 7.89. The van der Waals surface area contributed by atoms with Crippen LogP contribution >= 0.6 is 0 Å². The minimum atomic E-state index is -3.50. The van der Waals surface area contributed by atoms with E-state index < -0.39 is 10.0 Å². The van der Waals surface area contributed by atoms with Crippen LogP contribution in [-0.4, -0.2) is 14.5 Å². The zero-order chi connectivity index (χ0) is 16.2. The molecule has 0 aromatic heterocycles. The number of ether oxygens (including phenoxy) is 1. The Balaban J connectivity index is 2.07. The number of hydrogen-bond acceptors (Lipinski definition) is 3. The van der Waals surface area contributed by atoms with Gasteiger partial charge < -0.3 is 4.74 Å². The van der Waals surface area contributed by atoms with Crippen LogP contribution in [-0.2, 0) is 16.6 Å². The number of benzene rings is 2. The molecular weight excluding hydrogens is 298 g/mol. The standard InChI is InChI=1S/C17H21NO3S/c1-13(2)21-16-6-4-5-15(11-16)12-18-22(19,20)17-9-7-14(3)8-10-17/h4-11,13,18H,12H2,1-3H3. The normalized spacial score (nSPS) is 11.6. The van der Waals surface area contributed by atoms with Crippen molar-refractivity contribution in [1.29, 1.82) is 0 Å². The Morgan fingerprint density at radius 1 is 1.09 bits per heavy atom. The largest absolute Gasteiger partial charge is 0.491 e. The molecule has 2 aromatic rings. The van der Waals surface area contributed by atoms with E-state index in [0.717, 1.165) is 16.9 Å². The van der Waals surface area contributed by atoms with E-state index in [0.29, 0.717) is 0 Å². The van der Waals surface area contributed by atoms with Crippen LogP contribution < -0.4 is 9.46 Å². The van der Waals surface area contributed by atoms with Crippen molar-refractivity contribution in [3.8, 4) is 5.75 Å². The van der Waals surface area contributed by atoms with E-state index in [-0.39, 0.29) is 17.5 Å². The zero-order valence-corrected chi connectivity index (χ0v) is 13.9. The Morgan fingerprint density at radius 2 is 1.77 bits per heavy atom. The van der Waals surface area contributed by atoms with Gasteiger partial charge >= 0.3 is 0 Å². The first-order chi connectivity index (χ1) is 10.4. The van der Waals surface area contributed by atoms with Crippen molar-refractivity contribution < 1.29 is 13.2 Å². The molecule has 0 spiro atoms. The highest BCUT2D eigenvalue weighted by Crippen LogP contribution is 2.16. The highest BCUT2D eigenvalue weighted by Gasteiger charge is 2.13. The summed E-state index contributed by atoms with van der Waals surface area (Å²) in [6.45, 7) is 6.05. The lowest BCUT2D eigenvalue weighted by atomic mass is 10.2. The van der Waals surface area contributed by atoms with Crippen molar-refractivity contribution in [3.05, 3.63) is 59.7 Å². The molecule has 0 saturated carbocycles. The molecular formula is C17H21NO3S. The van der Waals surface area contributed by atoms with Crippen molar-refractivity contribution in [2.75, 3.05) is 0 Å². The number of sulfonamides is 1. The van der Waals surface area contributed by atoms with E-state index in [1.165, 1.54) is 0 Å². The first-order valence-corrected chi connectivity index (χ1v) is 8.67. The Morgan fingerprint density at radius 3 is 2.41 bits per heavy atom. The van der Waals surface area contributed by atoms with Gasteiger partial charge in [-0.05, 0) is 50.6 Å². The third-order valence-corrected chi connectivity index (χ3v) is 4.48. The van der Waals surface area contributed by atoms with Crippen LogP contribution in [0.25, 0.3) is 0 Å². The Kier molecular flexibility index (Phi) is 5.21. The zero-order valence-electron chi connectivity index (χ0n) is 13.0. The van der Waals surface area contributed by atoms with Gasteiger partial charge in [-0.25, -0.2) is 13.1 Å². The molecule has 0 bridgehead atoms. The number of aryl methyl sites for hydroxylation is 1. The molecule has 5 heteroatoms. The van der Waals surface area contributed by atoms with Crippen LogP contribution in [0.2, 0.25) is 0 Å². The topological polar surface area (TPSA) is 55.4 Å². The summed E-state index contributed by atoms with van der Waals surface area (Å²) in [5.74, 6) is 0.738. The average Bonchev–Trinajstić information content (AvgIpc) is 2.45. The first kappa shape index (κ1) is 16.5. The summed E-state index contributed by atoms with van der Waals surface area (Å²) in [7, 11) is -3.50. The predicted molar refractivity (Wildman–Crippen MR) is 87.4 cm³/mol. The van der Waals surface area contributed by atoms with E-state index >= 15 is 0 Å². The van der Waals surface area contributed by atoms with Gasteiger partial charge in [-0.15, -0.1) is 0 Å². The van der Waals surface area contributed by atoms with E-state index in [9.17, 15) is 8.42 Å². The lowest BCUT2D eigenvalue weighted by Gasteiger charge is -2.11. The summed E-state index contributed by atoms with van der Waals surface area (Å²) in [6.07, 6.45) is 0.0829. The Hall–Kier alpha value is -1.85. The molecule has 22 heavy (non-hydrogen) atoms.